The van der Waals surface area contributed by atoms with Crippen LogP contribution in [0.15, 0.2) is 24.3 Å². The van der Waals surface area contributed by atoms with Gasteiger partial charge in [0.05, 0.1) is 23.4 Å². The number of fused-ring (bicyclic) bond motifs is 1. The normalized spacial score (nSPS) is 10.6. The summed E-state index contributed by atoms with van der Waals surface area (Å²) in [5.74, 6) is -0.198. The highest BCUT2D eigenvalue weighted by molar-refractivity contribution is 5.98. The molecule has 0 saturated carbocycles. The number of pyridine rings is 1. The molecule has 0 unspecified atom stereocenters. The van der Waals surface area contributed by atoms with E-state index in [0.717, 1.165) is 16.5 Å². The van der Waals surface area contributed by atoms with Crippen LogP contribution in [0.1, 0.15) is 21.6 Å². The standard InChI is InChI=1S/C14H16N2O2/c1-9-3-4-11-8-12(14(18)15-5-6-17)10(2)16-13(11)7-9/h3-4,7-8,17H,5-6H2,1-2H3,(H,15,18). The van der Waals surface area contributed by atoms with Crippen molar-refractivity contribution in [3.8, 4) is 0 Å². The first kappa shape index (κ1) is 12.5. The first-order chi connectivity index (χ1) is 8.61. The molecule has 4 heteroatoms. The Kier molecular flexibility index (Phi) is 3.58. The second kappa shape index (κ2) is 5.14. The average molecular weight is 244 g/mol. The molecule has 1 aromatic carbocycles. The zero-order chi connectivity index (χ0) is 13.1. The monoisotopic (exact) mass is 244 g/mol. The molecule has 4 nitrogen and oxygen atoms in total. The molecule has 0 bridgehead atoms. The Morgan fingerprint density at radius 1 is 1.33 bits per heavy atom. The molecule has 0 fully saturated rings. The molecule has 0 aliphatic carbocycles. The SMILES string of the molecule is Cc1ccc2cc(C(=O)NCCO)c(C)nc2c1. The van der Waals surface area contributed by atoms with Crippen LogP contribution in [0.3, 0.4) is 0 Å². The van der Waals surface area contributed by atoms with Gasteiger partial charge in [0, 0.05) is 11.9 Å². The lowest BCUT2D eigenvalue weighted by Gasteiger charge is -2.08. The summed E-state index contributed by atoms with van der Waals surface area (Å²) in [7, 11) is 0. The smallest absolute Gasteiger partial charge is 0.253 e. The van der Waals surface area contributed by atoms with Gasteiger partial charge in [0.25, 0.3) is 5.91 Å². The Morgan fingerprint density at radius 3 is 2.83 bits per heavy atom. The Labute approximate surface area is 106 Å². The van der Waals surface area contributed by atoms with E-state index in [1.165, 1.54) is 0 Å². The van der Waals surface area contributed by atoms with Gasteiger partial charge in [-0.05, 0) is 31.5 Å². The van der Waals surface area contributed by atoms with Crippen LogP contribution in [0.25, 0.3) is 10.9 Å². The largest absolute Gasteiger partial charge is 0.395 e. The topological polar surface area (TPSA) is 62.2 Å². The Morgan fingerprint density at radius 2 is 2.11 bits per heavy atom. The zero-order valence-corrected chi connectivity index (χ0v) is 10.5. The van der Waals surface area contributed by atoms with Crippen molar-refractivity contribution in [2.24, 2.45) is 0 Å². The van der Waals surface area contributed by atoms with Gasteiger partial charge in [-0.3, -0.25) is 9.78 Å². The Hall–Kier alpha value is -1.94. The number of aryl methyl sites for hydroxylation is 2. The highest BCUT2D eigenvalue weighted by Crippen LogP contribution is 2.17. The number of rotatable bonds is 3. The number of nitrogens with one attached hydrogen (secondary N) is 1. The van der Waals surface area contributed by atoms with Crippen LogP contribution < -0.4 is 5.32 Å². The molecule has 0 saturated heterocycles. The third kappa shape index (κ3) is 2.49. The van der Waals surface area contributed by atoms with Crippen molar-refractivity contribution in [1.82, 2.24) is 10.3 Å². The second-order valence-corrected chi connectivity index (χ2v) is 4.30. The zero-order valence-electron chi connectivity index (χ0n) is 10.5. The minimum atomic E-state index is -0.198. The van der Waals surface area contributed by atoms with Gasteiger partial charge >= 0.3 is 0 Å². The number of carbonyl (C=O) groups excluding carboxylic acids is 1. The van der Waals surface area contributed by atoms with Gasteiger partial charge in [0.1, 0.15) is 0 Å². The number of aliphatic hydroxyl groups excluding tert-OH is 1. The van der Waals surface area contributed by atoms with Gasteiger partial charge in [0.2, 0.25) is 0 Å². The van der Waals surface area contributed by atoms with E-state index in [1.54, 1.807) is 0 Å². The summed E-state index contributed by atoms with van der Waals surface area (Å²) in [6, 6.07) is 7.79. The molecule has 2 aromatic rings. The lowest BCUT2D eigenvalue weighted by molar-refractivity contribution is 0.0944. The van der Waals surface area contributed by atoms with E-state index in [4.69, 9.17) is 5.11 Å². The number of carbonyl (C=O) groups is 1. The Balaban J connectivity index is 2.43. The van der Waals surface area contributed by atoms with Crippen LogP contribution in [-0.2, 0) is 0 Å². The van der Waals surface area contributed by atoms with Crippen LogP contribution in [-0.4, -0.2) is 29.1 Å². The predicted octanol–water partition coefficient (Wildman–Crippen LogP) is 1.57. The van der Waals surface area contributed by atoms with E-state index < -0.39 is 0 Å². The van der Waals surface area contributed by atoms with E-state index >= 15 is 0 Å². The third-order valence-electron chi connectivity index (χ3n) is 2.81. The van der Waals surface area contributed by atoms with Crippen LogP contribution >= 0.6 is 0 Å². The third-order valence-corrected chi connectivity index (χ3v) is 2.81. The van der Waals surface area contributed by atoms with Gasteiger partial charge in [-0.15, -0.1) is 0 Å². The molecule has 0 spiro atoms. The number of amides is 1. The van der Waals surface area contributed by atoms with Crippen molar-refractivity contribution >= 4 is 16.8 Å². The van der Waals surface area contributed by atoms with Gasteiger partial charge in [-0.1, -0.05) is 12.1 Å². The van der Waals surface area contributed by atoms with E-state index in [-0.39, 0.29) is 19.1 Å². The van der Waals surface area contributed by atoms with E-state index in [0.29, 0.717) is 11.3 Å². The van der Waals surface area contributed by atoms with E-state index in [9.17, 15) is 4.79 Å². The van der Waals surface area contributed by atoms with Crippen molar-refractivity contribution in [2.45, 2.75) is 13.8 Å². The van der Waals surface area contributed by atoms with E-state index in [2.05, 4.69) is 10.3 Å². The quantitative estimate of drug-likeness (QED) is 0.861. The van der Waals surface area contributed by atoms with Crippen molar-refractivity contribution in [2.75, 3.05) is 13.2 Å². The number of nitrogens with zero attached hydrogens (tertiary/aromatic N) is 1. The summed E-state index contributed by atoms with van der Waals surface area (Å²) in [4.78, 5) is 16.3. The number of benzene rings is 1. The molecule has 2 rings (SSSR count). The number of aromatic nitrogens is 1. The molecule has 94 valence electrons. The predicted molar refractivity (Wildman–Crippen MR) is 70.6 cm³/mol. The first-order valence-corrected chi connectivity index (χ1v) is 5.89. The summed E-state index contributed by atoms with van der Waals surface area (Å²) in [6.07, 6.45) is 0. The summed E-state index contributed by atoms with van der Waals surface area (Å²) in [6.45, 7) is 4.02. The van der Waals surface area contributed by atoms with Crippen molar-refractivity contribution in [1.29, 1.82) is 0 Å². The summed E-state index contributed by atoms with van der Waals surface area (Å²) < 4.78 is 0. The van der Waals surface area contributed by atoms with Crippen molar-refractivity contribution < 1.29 is 9.90 Å². The maximum Gasteiger partial charge on any atom is 0.253 e. The molecule has 1 heterocycles. The fourth-order valence-electron chi connectivity index (χ4n) is 1.87. The highest BCUT2D eigenvalue weighted by atomic mass is 16.3. The fourth-order valence-corrected chi connectivity index (χ4v) is 1.87. The molecular weight excluding hydrogens is 228 g/mol. The highest BCUT2D eigenvalue weighted by Gasteiger charge is 2.10. The molecule has 1 amide bonds. The molecular formula is C14H16N2O2. The van der Waals surface area contributed by atoms with Crippen LogP contribution in [0.2, 0.25) is 0 Å². The van der Waals surface area contributed by atoms with Gasteiger partial charge in [-0.2, -0.15) is 0 Å². The maximum absolute atomic E-state index is 11.9. The lowest BCUT2D eigenvalue weighted by Crippen LogP contribution is -2.27. The summed E-state index contributed by atoms with van der Waals surface area (Å²) >= 11 is 0. The van der Waals surface area contributed by atoms with Crippen molar-refractivity contribution in [3.05, 3.63) is 41.1 Å². The molecule has 1 aromatic heterocycles. The summed E-state index contributed by atoms with van der Waals surface area (Å²) in [5.41, 5.74) is 3.29. The molecule has 0 atom stereocenters. The number of aliphatic hydroxyl groups is 1. The second-order valence-electron chi connectivity index (χ2n) is 4.30. The van der Waals surface area contributed by atoms with Crippen molar-refractivity contribution in [3.63, 3.8) is 0 Å². The molecule has 2 N–H and O–H groups in total. The minimum absolute atomic E-state index is 0.0645. The first-order valence-electron chi connectivity index (χ1n) is 5.89. The number of hydrogen-bond donors (Lipinski definition) is 2. The van der Waals surface area contributed by atoms with E-state index in [1.807, 2.05) is 38.1 Å². The van der Waals surface area contributed by atoms with Crippen LogP contribution in [0.4, 0.5) is 0 Å². The van der Waals surface area contributed by atoms with Gasteiger partial charge in [-0.25, -0.2) is 0 Å². The Bertz CT molecular complexity index is 594. The number of hydrogen-bond acceptors (Lipinski definition) is 3. The molecule has 0 aliphatic rings. The fraction of sp³-hybridized carbons (Fsp3) is 0.286. The maximum atomic E-state index is 11.9. The molecule has 0 radical (unpaired) electrons. The van der Waals surface area contributed by atoms with Gasteiger partial charge in [0.15, 0.2) is 0 Å². The molecule has 0 aliphatic heterocycles. The summed E-state index contributed by atoms with van der Waals surface area (Å²) in [5, 5.41) is 12.3. The van der Waals surface area contributed by atoms with Crippen LogP contribution in [0.5, 0.6) is 0 Å². The minimum Gasteiger partial charge on any atom is -0.395 e. The average Bonchev–Trinajstić information content (AvgIpc) is 2.35. The van der Waals surface area contributed by atoms with Gasteiger partial charge < -0.3 is 10.4 Å². The lowest BCUT2D eigenvalue weighted by atomic mass is 10.1. The van der Waals surface area contributed by atoms with Crippen LogP contribution in [0, 0.1) is 13.8 Å². The molecule has 18 heavy (non-hydrogen) atoms.